The summed E-state index contributed by atoms with van der Waals surface area (Å²) in [5.41, 5.74) is -11.1. The summed E-state index contributed by atoms with van der Waals surface area (Å²) in [7, 11) is -9.43. The standard InChI is InChI=1S/2CHF3O3S.3CH3O.Al/c2*2-1(3,4)8(5,6)7;3*1-2;/h2*(H,5,6,7);3*1H3;/q;;3*-1;+3. The van der Waals surface area contributed by atoms with E-state index in [0.717, 1.165) is 21.3 Å². The van der Waals surface area contributed by atoms with E-state index in [0.29, 0.717) is 0 Å². The first-order chi connectivity index (χ1) is 9.50. The van der Waals surface area contributed by atoms with E-state index in [1.807, 2.05) is 0 Å². The Morgan fingerprint density at radius 2 is 0.652 bits per heavy atom. The van der Waals surface area contributed by atoms with Crippen molar-refractivity contribution in [3.05, 3.63) is 0 Å². The van der Waals surface area contributed by atoms with Crippen LogP contribution in [0.2, 0.25) is 0 Å². The molecule has 0 radical (unpaired) electrons. The van der Waals surface area contributed by atoms with E-state index in [9.17, 15) is 26.3 Å². The van der Waals surface area contributed by atoms with Gasteiger partial charge in [0.05, 0.1) is 0 Å². The molecule has 0 aromatic heterocycles. The average Bonchev–Trinajstić information content (AvgIpc) is 2.32. The van der Waals surface area contributed by atoms with Crippen molar-refractivity contribution < 1.29 is 67.6 Å². The van der Waals surface area contributed by atoms with Gasteiger partial charge in [-0.05, 0) is 0 Å². The van der Waals surface area contributed by atoms with Gasteiger partial charge in [0.25, 0.3) is 0 Å². The molecule has 0 aliphatic carbocycles. The van der Waals surface area contributed by atoms with Crippen LogP contribution in [0.3, 0.4) is 0 Å². The smallest absolute Gasteiger partial charge is 0.857 e. The Labute approximate surface area is 138 Å². The molecular weight excluding hydrogens is 409 g/mol. The van der Waals surface area contributed by atoms with E-state index >= 15 is 0 Å². The van der Waals surface area contributed by atoms with Crippen LogP contribution in [-0.4, -0.2) is 75.6 Å². The van der Waals surface area contributed by atoms with E-state index < -0.39 is 31.3 Å². The Hall–Kier alpha value is -0.188. The molecule has 0 amide bonds. The number of halogens is 6. The summed E-state index contributed by atoms with van der Waals surface area (Å²) in [6.07, 6.45) is 0. The van der Waals surface area contributed by atoms with Crippen LogP contribution >= 0.6 is 0 Å². The van der Waals surface area contributed by atoms with Crippen LogP contribution in [0.1, 0.15) is 0 Å². The second-order valence-corrected chi connectivity index (χ2v) is 4.67. The zero-order chi connectivity index (χ0) is 20.0. The van der Waals surface area contributed by atoms with Crippen molar-refractivity contribution in [1.82, 2.24) is 0 Å². The number of hydrogen-bond donors (Lipinski definition) is 2. The SMILES string of the molecule is C[O-].C[O-].C[O-].O=S(=O)(O)C(F)(F)F.O=S(=O)(O)C(F)(F)F.[Al+3]. The van der Waals surface area contributed by atoms with Gasteiger partial charge in [-0.25, -0.2) is 0 Å². The van der Waals surface area contributed by atoms with Gasteiger partial charge in [0.1, 0.15) is 0 Å². The zero-order valence-electron chi connectivity index (χ0n) is 11.4. The molecule has 0 bridgehead atoms. The van der Waals surface area contributed by atoms with Crippen LogP contribution in [0.25, 0.3) is 0 Å². The molecule has 0 fully saturated rings. The van der Waals surface area contributed by atoms with Gasteiger partial charge < -0.3 is 15.3 Å². The molecule has 0 saturated carbocycles. The fourth-order valence-electron chi connectivity index (χ4n) is 0. The summed E-state index contributed by atoms with van der Waals surface area (Å²) in [4.78, 5) is 0. The molecule has 0 heterocycles. The van der Waals surface area contributed by atoms with E-state index in [1.165, 1.54) is 0 Å². The maximum absolute atomic E-state index is 10.7. The van der Waals surface area contributed by atoms with E-state index in [1.54, 1.807) is 0 Å². The number of alkyl halides is 6. The first-order valence-corrected chi connectivity index (χ1v) is 6.68. The molecule has 142 valence electrons. The molecule has 18 heteroatoms. The molecule has 2 N–H and O–H groups in total. The maximum atomic E-state index is 10.7. The predicted octanol–water partition coefficient (Wildman–Crippen LogP) is -2.66. The van der Waals surface area contributed by atoms with Crippen molar-refractivity contribution >= 4 is 37.6 Å². The first kappa shape index (κ1) is 38.4. The first-order valence-electron chi connectivity index (χ1n) is 3.80. The molecule has 0 atom stereocenters. The van der Waals surface area contributed by atoms with Crippen molar-refractivity contribution in [3.8, 4) is 0 Å². The van der Waals surface area contributed by atoms with Gasteiger partial charge in [-0.3, -0.25) is 9.11 Å². The average molecular weight is 420 g/mol. The zero-order valence-corrected chi connectivity index (χ0v) is 14.2. The minimum atomic E-state index is -5.84. The van der Waals surface area contributed by atoms with Crippen molar-refractivity contribution in [3.63, 3.8) is 0 Å². The van der Waals surface area contributed by atoms with E-state index in [4.69, 9.17) is 41.3 Å². The monoisotopic (exact) mass is 420 g/mol. The van der Waals surface area contributed by atoms with Gasteiger partial charge in [0.15, 0.2) is 0 Å². The second-order valence-electron chi connectivity index (χ2n) is 1.84. The van der Waals surface area contributed by atoms with E-state index in [-0.39, 0.29) is 17.4 Å². The van der Waals surface area contributed by atoms with Gasteiger partial charge >= 0.3 is 48.6 Å². The predicted molar refractivity (Wildman–Crippen MR) is 58.7 cm³/mol. The van der Waals surface area contributed by atoms with Crippen LogP contribution in [0.4, 0.5) is 26.3 Å². The van der Waals surface area contributed by atoms with Crippen molar-refractivity contribution in [2.45, 2.75) is 11.0 Å². The second kappa shape index (κ2) is 16.7. The van der Waals surface area contributed by atoms with Crippen LogP contribution in [0, 0.1) is 0 Å². The molecule has 0 aliphatic rings. The summed E-state index contributed by atoms with van der Waals surface area (Å²) in [5, 5.41) is 24.8. The molecule has 23 heavy (non-hydrogen) atoms. The molecule has 0 unspecified atom stereocenters. The third-order valence-corrected chi connectivity index (χ3v) is 1.75. The van der Waals surface area contributed by atoms with Gasteiger partial charge in [0.2, 0.25) is 0 Å². The third kappa shape index (κ3) is 27.0. The Balaban J connectivity index is -0.0000000457. The van der Waals surface area contributed by atoms with Crippen LogP contribution in [-0.2, 0) is 20.2 Å². The Bertz CT molecular complexity index is 386. The topological polar surface area (TPSA) is 178 Å². The molecule has 9 nitrogen and oxygen atoms in total. The summed E-state index contributed by atoms with van der Waals surface area (Å²) in [6, 6.07) is 0. The fourth-order valence-corrected chi connectivity index (χ4v) is 0. The van der Waals surface area contributed by atoms with Crippen molar-refractivity contribution in [1.29, 1.82) is 0 Å². The van der Waals surface area contributed by atoms with Crippen LogP contribution in [0.5, 0.6) is 0 Å². The Morgan fingerprint density at radius 3 is 0.652 bits per heavy atom. The van der Waals surface area contributed by atoms with Gasteiger partial charge in [-0.1, -0.05) is 0 Å². The Morgan fingerprint density at radius 1 is 0.609 bits per heavy atom. The summed E-state index contributed by atoms with van der Waals surface area (Å²) in [6.45, 7) is 0. The molecule has 0 aromatic rings. The normalized spacial score (nSPS) is 10.5. The summed E-state index contributed by atoms with van der Waals surface area (Å²) in [5.74, 6) is 0. The van der Waals surface area contributed by atoms with E-state index in [2.05, 4.69) is 0 Å². The molecule has 0 rings (SSSR count). The summed E-state index contributed by atoms with van der Waals surface area (Å²) >= 11 is 0. The van der Waals surface area contributed by atoms with Crippen LogP contribution in [0.15, 0.2) is 0 Å². The minimum Gasteiger partial charge on any atom is -0.857 e. The molecule has 0 aromatic carbocycles. The summed E-state index contributed by atoms with van der Waals surface area (Å²) < 4.78 is 115. The fraction of sp³-hybridized carbons (Fsp3) is 1.00. The van der Waals surface area contributed by atoms with Crippen LogP contribution < -0.4 is 15.3 Å². The minimum absolute atomic E-state index is 0. The van der Waals surface area contributed by atoms with Crippen molar-refractivity contribution in [2.24, 2.45) is 0 Å². The molecular formula is C5H11AlF6O9S2. The van der Waals surface area contributed by atoms with Gasteiger partial charge in [0, 0.05) is 0 Å². The number of hydrogen-bond acceptors (Lipinski definition) is 7. The Kier molecular flexibility index (Phi) is 27.8. The molecule has 0 spiro atoms. The number of rotatable bonds is 0. The van der Waals surface area contributed by atoms with Gasteiger partial charge in [-0.15, -0.1) is 0 Å². The quantitative estimate of drug-likeness (QED) is 0.183. The molecule has 0 saturated heterocycles. The maximum Gasteiger partial charge on any atom is 3.00 e. The third-order valence-electron chi connectivity index (χ3n) is 0.585. The van der Waals surface area contributed by atoms with Gasteiger partial charge in [-0.2, -0.15) is 64.5 Å². The van der Waals surface area contributed by atoms with Crippen molar-refractivity contribution in [2.75, 3.05) is 21.3 Å². The largest absolute Gasteiger partial charge is 3.00 e. The molecule has 0 aliphatic heterocycles.